The second-order valence-electron chi connectivity index (χ2n) is 5.47. The molecule has 0 atom stereocenters. The van der Waals surface area contributed by atoms with Crippen molar-refractivity contribution in [2.75, 3.05) is 18.5 Å². The van der Waals surface area contributed by atoms with Crippen LogP contribution in [0.5, 0.6) is 5.75 Å². The first-order valence-electron chi connectivity index (χ1n) is 7.72. The van der Waals surface area contributed by atoms with E-state index in [0.29, 0.717) is 25.3 Å². The van der Waals surface area contributed by atoms with Gasteiger partial charge in [-0.25, -0.2) is 18.4 Å². The topological polar surface area (TPSA) is 111 Å². The maximum absolute atomic E-state index is 11.8. The highest BCUT2D eigenvalue weighted by Crippen LogP contribution is 2.13. The summed E-state index contributed by atoms with van der Waals surface area (Å²) in [6.45, 7) is 2.95. The molecule has 0 saturated heterocycles. The molecule has 134 valence electrons. The second-order valence-corrected chi connectivity index (χ2v) is 7.03. The Morgan fingerprint density at radius 1 is 1.08 bits per heavy atom. The maximum Gasteiger partial charge on any atom is 0.319 e. The first-order chi connectivity index (χ1) is 11.8. The second kappa shape index (κ2) is 8.50. The van der Waals surface area contributed by atoms with Crippen molar-refractivity contribution in [2.24, 2.45) is 5.14 Å². The molecule has 0 unspecified atom stereocenters. The molecule has 0 bridgehead atoms. The van der Waals surface area contributed by atoms with Gasteiger partial charge in [-0.2, -0.15) is 0 Å². The average Bonchev–Trinajstić information content (AvgIpc) is 2.56. The van der Waals surface area contributed by atoms with Gasteiger partial charge in [0.05, 0.1) is 11.5 Å². The SMILES string of the molecule is Cc1ccc(OCCCNC(=O)Nc2ccc(S(N)(=O)=O)cc2)cc1. The van der Waals surface area contributed by atoms with Crippen LogP contribution < -0.4 is 20.5 Å². The van der Waals surface area contributed by atoms with Crippen LogP contribution in [0.15, 0.2) is 53.4 Å². The standard InChI is InChI=1S/C17H21N3O4S/c1-13-3-7-15(8-4-13)24-12-2-11-19-17(21)20-14-5-9-16(10-6-14)25(18,22)23/h3-10H,2,11-12H2,1H3,(H2,18,22,23)(H2,19,20,21). The highest BCUT2D eigenvalue weighted by atomic mass is 32.2. The van der Waals surface area contributed by atoms with E-state index >= 15 is 0 Å². The summed E-state index contributed by atoms with van der Waals surface area (Å²) in [7, 11) is -3.74. The summed E-state index contributed by atoms with van der Waals surface area (Å²) in [6.07, 6.45) is 0.658. The number of primary sulfonamides is 1. The number of carbonyl (C=O) groups is 1. The number of sulfonamides is 1. The van der Waals surface area contributed by atoms with Gasteiger partial charge in [0.25, 0.3) is 0 Å². The number of anilines is 1. The monoisotopic (exact) mass is 363 g/mol. The van der Waals surface area contributed by atoms with Crippen LogP contribution in [0.25, 0.3) is 0 Å². The Kier molecular flexibility index (Phi) is 6.37. The molecule has 2 aromatic rings. The summed E-state index contributed by atoms with van der Waals surface area (Å²) in [6, 6.07) is 13.0. The van der Waals surface area contributed by atoms with E-state index in [0.717, 1.165) is 5.75 Å². The number of amides is 2. The first kappa shape index (κ1) is 18.8. The Hall–Kier alpha value is -2.58. The van der Waals surface area contributed by atoms with E-state index in [1.54, 1.807) is 0 Å². The van der Waals surface area contributed by atoms with E-state index in [-0.39, 0.29) is 10.9 Å². The minimum atomic E-state index is -3.74. The van der Waals surface area contributed by atoms with Crippen LogP contribution in [-0.2, 0) is 10.0 Å². The van der Waals surface area contributed by atoms with Gasteiger partial charge < -0.3 is 15.4 Å². The lowest BCUT2D eigenvalue weighted by Crippen LogP contribution is -2.30. The van der Waals surface area contributed by atoms with Crippen LogP contribution in [0.4, 0.5) is 10.5 Å². The molecule has 7 nitrogen and oxygen atoms in total. The number of nitrogens with two attached hydrogens (primary N) is 1. The lowest BCUT2D eigenvalue weighted by molar-refractivity contribution is 0.250. The van der Waals surface area contributed by atoms with E-state index in [4.69, 9.17) is 9.88 Å². The van der Waals surface area contributed by atoms with Crippen molar-refractivity contribution in [3.05, 3.63) is 54.1 Å². The molecule has 0 aliphatic heterocycles. The first-order valence-corrected chi connectivity index (χ1v) is 9.26. The van der Waals surface area contributed by atoms with E-state index in [1.165, 1.54) is 29.8 Å². The summed E-state index contributed by atoms with van der Waals surface area (Å²) in [5.74, 6) is 0.796. The molecular formula is C17H21N3O4S. The van der Waals surface area contributed by atoms with E-state index in [2.05, 4.69) is 10.6 Å². The smallest absolute Gasteiger partial charge is 0.319 e. The molecule has 0 spiro atoms. The minimum absolute atomic E-state index is 0.00767. The van der Waals surface area contributed by atoms with Crippen LogP contribution in [0.2, 0.25) is 0 Å². The normalized spacial score (nSPS) is 11.0. The number of carbonyl (C=O) groups excluding carboxylic acids is 1. The molecule has 25 heavy (non-hydrogen) atoms. The van der Waals surface area contributed by atoms with Crippen molar-refractivity contribution in [1.82, 2.24) is 5.32 Å². The van der Waals surface area contributed by atoms with Gasteiger partial charge in [0.15, 0.2) is 0 Å². The third kappa shape index (κ3) is 6.44. The zero-order chi connectivity index (χ0) is 18.3. The summed E-state index contributed by atoms with van der Waals surface area (Å²) >= 11 is 0. The predicted molar refractivity (Wildman–Crippen MR) is 96.1 cm³/mol. The van der Waals surface area contributed by atoms with Gasteiger partial charge in [0, 0.05) is 12.2 Å². The number of ether oxygens (including phenoxy) is 1. The zero-order valence-electron chi connectivity index (χ0n) is 13.9. The van der Waals surface area contributed by atoms with Gasteiger partial charge >= 0.3 is 6.03 Å². The third-order valence-electron chi connectivity index (χ3n) is 3.34. The number of hydrogen-bond donors (Lipinski definition) is 3. The van der Waals surface area contributed by atoms with Crippen LogP contribution in [0, 0.1) is 6.92 Å². The van der Waals surface area contributed by atoms with Gasteiger partial charge in [0.1, 0.15) is 5.75 Å². The molecule has 0 radical (unpaired) electrons. The quantitative estimate of drug-likeness (QED) is 0.655. The lowest BCUT2D eigenvalue weighted by atomic mass is 10.2. The Balaban J connectivity index is 1.67. The number of urea groups is 1. The maximum atomic E-state index is 11.8. The van der Waals surface area contributed by atoms with E-state index in [1.807, 2.05) is 31.2 Å². The molecule has 2 aromatic carbocycles. The van der Waals surface area contributed by atoms with Crippen molar-refractivity contribution in [2.45, 2.75) is 18.2 Å². The number of benzene rings is 2. The molecular weight excluding hydrogens is 342 g/mol. The fourth-order valence-corrected chi connectivity index (χ4v) is 2.52. The van der Waals surface area contributed by atoms with E-state index in [9.17, 15) is 13.2 Å². The van der Waals surface area contributed by atoms with Crippen LogP contribution >= 0.6 is 0 Å². The highest BCUT2D eigenvalue weighted by molar-refractivity contribution is 7.89. The lowest BCUT2D eigenvalue weighted by Gasteiger charge is -2.09. The summed E-state index contributed by atoms with van der Waals surface area (Å²) in [5, 5.41) is 10.3. The third-order valence-corrected chi connectivity index (χ3v) is 4.27. The Bertz CT molecular complexity index is 803. The molecule has 0 aliphatic rings. The Morgan fingerprint density at radius 2 is 1.72 bits per heavy atom. The van der Waals surface area contributed by atoms with Gasteiger partial charge in [-0.3, -0.25) is 0 Å². The average molecular weight is 363 g/mol. The molecule has 0 aromatic heterocycles. The van der Waals surface area contributed by atoms with Gasteiger partial charge in [-0.15, -0.1) is 0 Å². The predicted octanol–water partition coefficient (Wildman–Crippen LogP) is 2.23. The van der Waals surface area contributed by atoms with Crippen LogP contribution in [-0.4, -0.2) is 27.6 Å². The summed E-state index contributed by atoms with van der Waals surface area (Å²) in [4.78, 5) is 11.8. The summed E-state index contributed by atoms with van der Waals surface area (Å²) in [5.41, 5.74) is 1.64. The van der Waals surface area contributed by atoms with E-state index < -0.39 is 10.0 Å². The van der Waals surface area contributed by atoms with Gasteiger partial charge in [0.2, 0.25) is 10.0 Å². The minimum Gasteiger partial charge on any atom is -0.494 e. The molecule has 2 rings (SSSR count). The summed E-state index contributed by atoms with van der Waals surface area (Å²) < 4.78 is 27.9. The molecule has 4 N–H and O–H groups in total. The Labute approximate surface area is 147 Å². The van der Waals surface area contributed by atoms with Crippen molar-refractivity contribution < 1.29 is 17.9 Å². The molecule has 0 fully saturated rings. The largest absolute Gasteiger partial charge is 0.494 e. The highest BCUT2D eigenvalue weighted by Gasteiger charge is 2.07. The number of hydrogen-bond acceptors (Lipinski definition) is 4. The molecule has 8 heteroatoms. The fraction of sp³-hybridized carbons (Fsp3) is 0.235. The van der Waals surface area contributed by atoms with Gasteiger partial charge in [-0.1, -0.05) is 17.7 Å². The number of nitrogens with one attached hydrogen (secondary N) is 2. The molecule has 2 amide bonds. The fourth-order valence-electron chi connectivity index (χ4n) is 2.00. The zero-order valence-corrected chi connectivity index (χ0v) is 14.7. The number of rotatable bonds is 7. The van der Waals surface area contributed by atoms with Crippen molar-refractivity contribution in [1.29, 1.82) is 0 Å². The Morgan fingerprint density at radius 3 is 2.32 bits per heavy atom. The van der Waals surface area contributed by atoms with Crippen molar-refractivity contribution in [3.8, 4) is 5.75 Å². The van der Waals surface area contributed by atoms with Gasteiger partial charge in [-0.05, 0) is 49.7 Å². The van der Waals surface area contributed by atoms with Crippen LogP contribution in [0.3, 0.4) is 0 Å². The van der Waals surface area contributed by atoms with Crippen molar-refractivity contribution >= 4 is 21.7 Å². The van der Waals surface area contributed by atoms with Crippen molar-refractivity contribution in [3.63, 3.8) is 0 Å². The molecule has 0 aliphatic carbocycles. The molecule has 0 saturated carbocycles. The number of aryl methyl sites for hydroxylation is 1. The van der Waals surface area contributed by atoms with Crippen LogP contribution in [0.1, 0.15) is 12.0 Å². The molecule has 0 heterocycles.